The number of benzene rings is 2. The predicted molar refractivity (Wildman–Crippen MR) is 135 cm³/mol. The van der Waals surface area contributed by atoms with Crippen LogP contribution in [0.3, 0.4) is 0 Å². The van der Waals surface area contributed by atoms with Crippen LogP contribution in [0.1, 0.15) is 33.9 Å². The van der Waals surface area contributed by atoms with Gasteiger partial charge in [-0.3, -0.25) is 4.79 Å². The Morgan fingerprint density at radius 3 is 2.52 bits per heavy atom. The number of esters is 1. The van der Waals surface area contributed by atoms with Crippen LogP contribution in [0.2, 0.25) is 15.1 Å². The van der Waals surface area contributed by atoms with E-state index in [0.29, 0.717) is 31.3 Å². The van der Waals surface area contributed by atoms with E-state index in [1.165, 1.54) is 18.2 Å². The molecule has 4 rings (SSSR count). The summed E-state index contributed by atoms with van der Waals surface area (Å²) < 4.78 is 19.5. The first kappa shape index (κ1) is 24.0. The van der Waals surface area contributed by atoms with E-state index in [9.17, 15) is 14.0 Å². The Labute approximate surface area is 211 Å². The summed E-state index contributed by atoms with van der Waals surface area (Å²) in [5.41, 5.74) is 1.26. The van der Waals surface area contributed by atoms with E-state index in [1.807, 2.05) is 0 Å². The van der Waals surface area contributed by atoms with Gasteiger partial charge in [0.2, 0.25) is 0 Å². The minimum absolute atomic E-state index is 0.176. The molecule has 2 heterocycles. The van der Waals surface area contributed by atoms with Gasteiger partial charge in [-0.1, -0.05) is 40.9 Å². The van der Waals surface area contributed by atoms with Gasteiger partial charge >= 0.3 is 5.97 Å². The van der Waals surface area contributed by atoms with Crippen molar-refractivity contribution in [2.45, 2.75) is 20.0 Å². The molecule has 0 radical (unpaired) electrons. The average molecular weight is 543 g/mol. The molecule has 1 amide bonds. The van der Waals surface area contributed by atoms with Gasteiger partial charge in [-0.05, 0) is 44.2 Å². The van der Waals surface area contributed by atoms with E-state index in [0.717, 1.165) is 22.7 Å². The van der Waals surface area contributed by atoms with E-state index >= 15 is 0 Å². The number of anilines is 1. The predicted octanol–water partition coefficient (Wildman–Crippen LogP) is 8.55. The number of hydrogen-bond donors (Lipinski definition) is 1. The number of ether oxygens (including phenoxy) is 1. The second kappa shape index (κ2) is 9.60. The maximum absolute atomic E-state index is 13.6. The standard InChI is InChI=1S/C23H15Cl3FNO3S2/c1-10(2)31-23(30)18-15(13-5-3-11(24)7-16(13)25)9-32-22(18)28-21(29)20-19(26)14-6-4-12(27)8-17(14)33-20/h3-10H,1-2H3,(H,28,29). The van der Waals surface area contributed by atoms with Crippen molar-refractivity contribution < 1.29 is 18.7 Å². The summed E-state index contributed by atoms with van der Waals surface area (Å²) in [6.07, 6.45) is -0.374. The maximum atomic E-state index is 13.6. The fraction of sp³-hybridized carbons (Fsp3) is 0.130. The average Bonchev–Trinajstić information content (AvgIpc) is 3.28. The number of carbonyl (C=O) groups excluding carboxylic acids is 2. The number of halogens is 4. The highest BCUT2D eigenvalue weighted by molar-refractivity contribution is 7.22. The van der Waals surface area contributed by atoms with Crippen LogP contribution in [0.4, 0.5) is 9.39 Å². The zero-order chi connectivity index (χ0) is 23.9. The Morgan fingerprint density at radius 1 is 1.06 bits per heavy atom. The van der Waals surface area contributed by atoms with Crippen LogP contribution < -0.4 is 5.32 Å². The lowest BCUT2D eigenvalue weighted by Crippen LogP contribution is -2.16. The molecule has 0 aliphatic rings. The second-order valence-corrected chi connectivity index (χ2v) is 10.4. The number of amides is 1. The lowest BCUT2D eigenvalue weighted by molar-refractivity contribution is 0.0380. The first-order chi connectivity index (χ1) is 15.7. The van der Waals surface area contributed by atoms with Crippen molar-refractivity contribution in [2.24, 2.45) is 0 Å². The molecule has 0 unspecified atom stereocenters. The van der Waals surface area contributed by atoms with Gasteiger partial charge in [-0.15, -0.1) is 22.7 Å². The molecular weight excluding hydrogens is 528 g/mol. The van der Waals surface area contributed by atoms with Gasteiger partial charge in [-0.2, -0.15) is 0 Å². The molecule has 0 bridgehead atoms. The maximum Gasteiger partial charge on any atom is 0.342 e. The molecule has 0 saturated heterocycles. The highest BCUT2D eigenvalue weighted by atomic mass is 35.5. The molecule has 2 aromatic heterocycles. The topological polar surface area (TPSA) is 55.4 Å². The number of nitrogens with one attached hydrogen (secondary N) is 1. The fourth-order valence-electron chi connectivity index (χ4n) is 3.18. The highest BCUT2D eigenvalue weighted by Gasteiger charge is 2.26. The molecule has 0 atom stereocenters. The summed E-state index contributed by atoms with van der Waals surface area (Å²) >= 11 is 21.0. The van der Waals surface area contributed by atoms with Crippen molar-refractivity contribution in [3.8, 4) is 11.1 Å². The lowest BCUT2D eigenvalue weighted by atomic mass is 10.0. The fourth-order valence-corrected chi connectivity index (χ4v) is 6.07. The molecule has 4 aromatic rings. The molecule has 10 heteroatoms. The number of rotatable bonds is 5. The van der Waals surface area contributed by atoms with Gasteiger partial charge in [0.05, 0.1) is 11.1 Å². The monoisotopic (exact) mass is 541 g/mol. The van der Waals surface area contributed by atoms with Gasteiger partial charge in [0.1, 0.15) is 21.3 Å². The Kier molecular flexibility index (Phi) is 6.98. The van der Waals surface area contributed by atoms with E-state index in [1.54, 1.807) is 37.4 Å². The van der Waals surface area contributed by atoms with Gasteiger partial charge in [-0.25, -0.2) is 9.18 Å². The second-order valence-electron chi connectivity index (χ2n) is 7.27. The van der Waals surface area contributed by atoms with Crippen LogP contribution in [-0.4, -0.2) is 18.0 Å². The summed E-state index contributed by atoms with van der Waals surface area (Å²) in [5.74, 6) is -1.54. The Bertz CT molecular complexity index is 1400. The molecule has 33 heavy (non-hydrogen) atoms. The van der Waals surface area contributed by atoms with Crippen molar-refractivity contribution >= 4 is 84.4 Å². The van der Waals surface area contributed by atoms with E-state index < -0.39 is 17.7 Å². The van der Waals surface area contributed by atoms with Gasteiger partial charge in [0, 0.05) is 36.6 Å². The third-order valence-corrected chi connectivity index (χ3v) is 7.68. The molecule has 0 saturated carbocycles. The number of hydrogen-bond acceptors (Lipinski definition) is 5. The van der Waals surface area contributed by atoms with Crippen molar-refractivity contribution in [1.82, 2.24) is 0 Å². The van der Waals surface area contributed by atoms with Crippen LogP contribution in [0.5, 0.6) is 0 Å². The van der Waals surface area contributed by atoms with Crippen LogP contribution in [0.15, 0.2) is 41.8 Å². The summed E-state index contributed by atoms with van der Waals surface area (Å²) in [4.78, 5) is 26.3. The van der Waals surface area contributed by atoms with Crippen LogP contribution in [0, 0.1) is 5.82 Å². The Morgan fingerprint density at radius 2 is 1.82 bits per heavy atom. The van der Waals surface area contributed by atoms with Crippen LogP contribution >= 0.6 is 57.5 Å². The summed E-state index contributed by atoms with van der Waals surface area (Å²) in [6.45, 7) is 3.46. The molecule has 0 aliphatic carbocycles. The summed E-state index contributed by atoms with van der Waals surface area (Å²) in [6, 6.07) is 9.05. The van der Waals surface area contributed by atoms with Crippen molar-refractivity contribution in [3.05, 3.63) is 73.1 Å². The van der Waals surface area contributed by atoms with Crippen molar-refractivity contribution in [3.63, 3.8) is 0 Å². The molecule has 0 spiro atoms. The number of thiophene rings is 2. The van der Waals surface area contributed by atoms with Crippen LogP contribution in [-0.2, 0) is 4.74 Å². The normalized spacial score (nSPS) is 11.2. The van der Waals surface area contributed by atoms with E-state index in [-0.39, 0.29) is 26.6 Å². The largest absolute Gasteiger partial charge is 0.459 e. The Hall–Kier alpha value is -2.16. The van der Waals surface area contributed by atoms with Gasteiger partial charge < -0.3 is 10.1 Å². The molecular formula is C23H15Cl3FNO3S2. The first-order valence-corrected chi connectivity index (χ1v) is 12.5. The van der Waals surface area contributed by atoms with Gasteiger partial charge in [0.15, 0.2) is 0 Å². The smallest absolute Gasteiger partial charge is 0.342 e. The third kappa shape index (κ3) is 4.88. The molecule has 0 aliphatic heterocycles. The van der Waals surface area contributed by atoms with Crippen molar-refractivity contribution in [1.29, 1.82) is 0 Å². The minimum atomic E-state index is -0.605. The minimum Gasteiger partial charge on any atom is -0.459 e. The van der Waals surface area contributed by atoms with E-state index in [2.05, 4.69) is 5.32 Å². The number of carbonyl (C=O) groups is 2. The molecule has 1 N–H and O–H groups in total. The first-order valence-electron chi connectivity index (χ1n) is 9.62. The van der Waals surface area contributed by atoms with Crippen LogP contribution in [0.25, 0.3) is 21.2 Å². The Balaban J connectivity index is 1.76. The highest BCUT2D eigenvalue weighted by Crippen LogP contribution is 2.41. The lowest BCUT2D eigenvalue weighted by Gasteiger charge is -2.12. The number of fused-ring (bicyclic) bond motifs is 1. The zero-order valence-corrected chi connectivity index (χ0v) is 21.1. The molecule has 0 fully saturated rings. The molecule has 2 aromatic carbocycles. The quantitative estimate of drug-likeness (QED) is 0.257. The van der Waals surface area contributed by atoms with Crippen molar-refractivity contribution in [2.75, 3.05) is 5.32 Å². The van der Waals surface area contributed by atoms with E-state index in [4.69, 9.17) is 39.5 Å². The SMILES string of the molecule is CC(C)OC(=O)c1c(-c2ccc(Cl)cc2Cl)csc1NC(=O)c1sc2cc(F)ccc2c1Cl. The summed E-state index contributed by atoms with van der Waals surface area (Å²) in [7, 11) is 0. The zero-order valence-electron chi connectivity index (χ0n) is 17.2. The summed E-state index contributed by atoms with van der Waals surface area (Å²) in [5, 5.41) is 6.36. The molecule has 170 valence electrons. The van der Waals surface area contributed by atoms with Gasteiger partial charge in [0.25, 0.3) is 5.91 Å². The third-order valence-electron chi connectivity index (χ3n) is 4.58. The molecule has 4 nitrogen and oxygen atoms in total.